The zero-order valence-corrected chi connectivity index (χ0v) is 13.7. The molecule has 1 fully saturated rings. The summed E-state index contributed by atoms with van der Waals surface area (Å²) >= 11 is 6.55. The highest BCUT2D eigenvalue weighted by atomic mass is 35.5. The number of nitrogens with one attached hydrogen (secondary N) is 1. The molecule has 1 saturated carbocycles. The van der Waals surface area contributed by atoms with Crippen LogP contribution in [0.15, 0.2) is 18.2 Å². The van der Waals surface area contributed by atoms with Gasteiger partial charge in [-0.3, -0.25) is 0 Å². The molecule has 20 heavy (non-hydrogen) atoms. The van der Waals surface area contributed by atoms with Gasteiger partial charge in [0, 0.05) is 19.1 Å². The van der Waals surface area contributed by atoms with E-state index in [0.717, 1.165) is 18.1 Å². The first-order chi connectivity index (χ1) is 9.63. The van der Waals surface area contributed by atoms with Gasteiger partial charge in [0.1, 0.15) is 0 Å². The quantitative estimate of drug-likeness (QED) is 0.833. The lowest BCUT2D eigenvalue weighted by molar-refractivity contribution is 0.534. The Morgan fingerprint density at radius 3 is 2.60 bits per heavy atom. The molecule has 2 rings (SSSR count). The Kier molecular flexibility index (Phi) is 5.74. The van der Waals surface area contributed by atoms with Crippen molar-refractivity contribution in [2.24, 2.45) is 5.92 Å². The summed E-state index contributed by atoms with van der Waals surface area (Å²) in [5.41, 5.74) is 2.57. The van der Waals surface area contributed by atoms with Crippen LogP contribution in [0.3, 0.4) is 0 Å². The first kappa shape index (κ1) is 15.7. The number of rotatable bonds is 6. The lowest BCUT2D eigenvalue weighted by atomic mass is 10.1. The van der Waals surface area contributed by atoms with E-state index in [1.165, 1.54) is 36.9 Å². The standard InChI is InChI=1S/C17H27ClN2/c1-13(2)12-20(15-8-4-5-9-15)17-14(11-19-3)7-6-10-16(17)18/h6-7,10,13,15,19H,4-5,8-9,11-12H2,1-3H3. The smallest absolute Gasteiger partial charge is 0.0643 e. The predicted octanol–water partition coefficient (Wildman–Crippen LogP) is 4.46. The van der Waals surface area contributed by atoms with Crippen molar-refractivity contribution in [3.05, 3.63) is 28.8 Å². The van der Waals surface area contributed by atoms with Crippen LogP contribution in [0.2, 0.25) is 5.02 Å². The number of anilines is 1. The van der Waals surface area contributed by atoms with E-state index in [0.29, 0.717) is 12.0 Å². The maximum atomic E-state index is 6.55. The van der Waals surface area contributed by atoms with E-state index in [1.54, 1.807) is 0 Å². The summed E-state index contributed by atoms with van der Waals surface area (Å²) in [5.74, 6) is 0.648. The minimum Gasteiger partial charge on any atom is -0.367 e. The Balaban J connectivity index is 2.35. The predicted molar refractivity (Wildman–Crippen MR) is 88.7 cm³/mol. The van der Waals surface area contributed by atoms with Crippen molar-refractivity contribution < 1.29 is 0 Å². The lowest BCUT2D eigenvalue weighted by Gasteiger charge is -2.35. The van der Waals surface area contributed by atoms with Gasteiger partial charge in [0.15, 0.2) is 0 Å². The van der Waals surface area contributed by atoms with Crippen LogP contribution in [0, 0.1) is 5.92 Å². The Morgan fingerprint density at radius 2 is 2.00 bits per heavy atom. The van der Waals surface area contributed by atoms with Crippen molar-refractivity contribution in [1.29, 1.82) is 0 Å². The fraction of sp³-hybridized carbons (Fsp3) is 0.647. The molecule has 0 bridgehead atoms. The summed E-state index contributed by atoms with van der Waals surface area (Å²) in [7, 11) is 1.99. The zero-order valence-electron chi connectivity index (χ0n) is 13.0. The summed E-state index contributed by atoms with van der Waals surface area (Å²) in [5, 5.41) is 4.16. The number of hydrogen-bond donors (Lipinski definition) is 1. The molecule has 1 aliphatic rings. The van der Waals surface area contributed by atoms with Crippen LogP contribution in [-0.2, 0) is 6.54 Å². The van der Waals surface area contributed by atoms with Gasteiger partial charge in [-0.2, -0.15) is 0 Å². The molecule has 1 aromatic rings. The minimum absolute atomic E-state index is 0.648. The summed E-state index contributed by atoms with van der Waals surface area (Å²) in [4.78, 5) is 2.58. The maximum Gasteiger partial charge on any atom is 0.0643 e. The number of halogens is 1. The van der Waals surface area contributed by atoms with Crippen LogP contribution >= 0.6 is 11.6 Å². The molecule has 0 heterocycles. The van der Waals surface area contributed by atoms with Gasteiger partial charge in [-0.05, 0) is 37.4 Å². The van der Waals surface area contributed by atoms with Gasteiger partial charge >= 0.3 is 0 Å². The molecule has 0 radical (unpaired) electrons. The average molecular weight is 295 g/mol. The summed E-state index contributed by atoms with van der Waals surface area (Å²) in [6, 6.07) is 6.94. The van der Waals surface area contributed by atoms with Gasteiger partial charge in [-0.25, -0.2) is 0 Å². The van der Waals surface area contributed by atoms with Crippen molar-refractivity contribution >= 4 is 17.3 Å². The highest BCUT2D eigenvalue weighted by molar-refractivity contribution is 6.33. The molecule has 0 spiro atoms. The van der Waals surface area contributed by atoms with E-state index in [1.807, 2.05) is 13.1 Å². The Labute approximate surface area is 128 Å². The molecular formula is C17H27ClN2. The van der Waals surface area contributed by atoms with E-state index in [4.69, 9.17) is 11.6 Å². The molecule has 2 nitrogen and oxygen atoms in total. The van der Waals surface area contributed by atoms with Crippen LogP contribution in [0.5, 0.6) is 0 Å². The topological polar surface area (TPSA) is 15.3 Å². The van der Waals surface area contributed by atoms with Gasteiger partial charge < -0.3 is 10.2 Å². The highest BCUT2D eigenvalue weighted by Crippen LogP contribution is 2.36. The average Bonchev–Trinajstić information content (AvgIpc) is 2.91. The highest BCUT2D eigenvalue weighted by Gasteiger charge is 2.26. The van der Waals surface area contributed by atoms with Gasteiger partial charge in [0.05, 0.1) is 10.7 Å². The second-order valence-corrected chi connectivity index (χ2v) is 6.67. The van der Waals surface area contributed by atoms with Gasteiger partial charge in [0.2, 0.25) is 0 Å². The third kappa shape index (κ3) is 3.67. The van der Waals surface area contributed by atoms with Crippen LogP contribution < -0.4 is 10.2 Å². The third-order valence-electron chi connectivity index (χ3n) is 4.05. The Hall–Kier alpha value is -0.730. The largest absolute Gasteiger partial charge is 0.367 e. The van der Waals surface area contributed by atoms with E-state index in [-0.39, 0.29) is 0 Å². The number of nitrogens with zero attached hydrogens (tertiary/aromatic N) is 1. The molecule has 1 N–H and O–H groups in total. The Morgan fingerprint density at radius 1 is 1.30 bits per heavy atom. The van der Waals surface area contributed by atoms with Crippen LogP contribution in [0.25, 0.3) is 0 Å². The summed E-state index contributed by atoms with van der Waals surface area (Å²) in [6.07, 6.45) is 5.31. The van der Waals surface area contributed by atoms with Crippen molar-refractivity contribution in [3.8, 4) is 0 Å². The zero-order chi connectivity index (χ0) is 14.5. The van der Waals surface area contributed by atoms with Gasteiger partial charge in [-0.1, -0.05) is 50.4 Å². The molecule has 3 heteroatoms. The number of benzene rings is 1. The number of para-hydroxylation sites is 1. The molecule has 0 aromatic heterocycles. The van der Waals surface area contributed by atoms with Gasteiger partial charge in [-0.15, -0.1) is 0 Å². The second kappa shape index (κ2) is 7.33. The molecular weight excluding hydrogens is 268 g/mol. The van der Waals surface area contributed by atoms with E-state index in [2.05, 4.69) is 36.2 Å². The van der Waals surface area contributed by atoms with Crippen molar-refractivity contribution in [2.75, 3.05) is 18.5 Å². The second-order valence-electron chi connectivity index (χ2n) is 6.26. The third-order valence-corrected chi connectivity index (χ3v) is 4.36. The van der Waals surface area contributed by atoms with E-state index in [9.17, 15) is 0 Å². The SMILES string of the molecule is CNCc1cccc(Cl)c1N(CC(C)C)C1CCCC1. The molecule has 0 saturated heterocycles. The van der Waals surface area contributed by atoms with Crippen LogP contribution in [0.4, 0.5) is 5.69 Å². The van der Waals surface area contributed by atoms with E-state index >= 15 is 0 Å². The monoisotopic (exact) mass is 294 g/mol. The van der Waals surface area contributed by atoms with Crippen LogP contribution in [-0.4, -0.2) is 19.6 Å². The fourth-order valence-electron chi connectivity index (χ4n) is 3.25. The first-order valence-corrected chi connectivity index (χ1v) is 8.20. The van der Waals surface area contributed by atoms with Crippen molar-refractivity contribution in [1.82, 2.24) is 5.32 Å². The minimum atomic E-state index is 0.648. The molecule has 0 atom stereocenters. The van der Waals surface area contributed by atoms with Gasteiger partial charge in [0.25, 0.3) is 0 Å². The summed E-state index contributed by atoms with van der Waals surface area (Å²) < 4.78 is 0. The normalized spacial score (nSPS) is 16.1. The first-order valence-electron chi connectivity index (χ1n) is 7.82. The van der Waals surface area contributed by atoms with Crippen molar-refractivity contribution in [3.63, 3.8) is 0 Å². The lowest BCUT2D eigenvalue weighted by Crippen LogP contribution is -2.37. The molecule has 112 valence electrons. The molecule has 1 aliphatic carbocycles. The maximum absolute atomic E-state index is 6.55. The molecule has 0 unspecified atom stereocenters. The number of hydrogen-bond acceptors (Lipinski definition) is 2. The van der Waals surface area contributed by atoms with Crippen molar-refractivity contribution in [2.45, 2.75) is 52.1 Å². The molecule has 0 amide bonds. The molecule has 1 aromatic carbocycles. The fourth-order valence-corrected chi connectivity index (χ4v) is 3.55. The molecule has 0 aliphatic heterocycles. The Bertz CT molecular complexity index is 425. The van der Waals surface area contributed by atoms with Crippen LogP contribution in [0.1, 0.15) is 45.1 Å². The summed E-state index contributed by atoms with van der Waals surface area (Å²) in [6.45, 7) is 6.54. The van der Waals surface area contributed by atoms with E-state index < -0.39 is 0 Å².